The molecular weight excluding hydrogens is 432 g/mol. The molecule has 2 aliphatic rings. The van der Waals surface area contributed by atoms with E-state index in [-0.39, 0.29) is 29.1 Å². The van der Waals surface area contributed by atoms with Gasteiger partial charge in [-0.2, -0.15) is 4.98 Å². The third-order valence-electron chi connectivity index (χ3n) is 7.11. The predicted molar refractivity (Wildman–Crippen MR) is 128 cm³/mol. The smallest absolute Gasteiger partial charge is 0.308 e. The van der Waals surface area contributed by atoms with Crippen molar-refractivity contribution < 1.29 is 18.8 Å². The normalized spacial score (nSPS) is 18.8. The van der Waals surface area contributed by atoms with Gasteiger partial charge in [0.05, 0.1) is 19.6 Å². The maximum atomic E-state index is 13.0. The van der Waals surface area contributed by atoms with Gasteiger partial charge in [0.15, 0.2) is 0 Å². The first-order valence-corrected chi connectivity index (χ1v) is 12.3. The number of carbonyl (C=O) groups excluding carboxylic acids is 2. The summed E-state index contributed by atoms with van der Waals surface area (Å²) in [6.45, 7) is 10.1. The zero-order chi connectivity index (χ0) is 24.3. The maximum Gasteiger partial charge on any atom is 0.308 e. The Balaban J connectivity index is 1.25. The molecule has 4 rings (SSSR count). The number of methoxy groups -OCH3 is 1. The van der Waals surface area contributed by atoms with Crippen molar-refractivity contribution in [1.29, 1.82) is 0 Å². The van der Waals surface area contributed by atoms with Crippen molar-refractivity contribution in [2.45, 2.75) is 58.4 Å². The number of hydrogen-bond donors (Lipinski definition) is 0. The van der Waals surface area contributed by atoms with Crippen molar-refractivity contribution in [2.24, 2.45) is 11.8 Å². The number of benzene rings is 1. The largest absolute Gasteiger partial charge is 0.469 e. The molecule has 34 heavy (non-hydrogen) atoms. The van der Waals surface area contributed by atoms with E-state index >= 15 is 0 Å². The standard InChI is InChI=1S/C26H36N4O4/c1-26(2,3)21-7-5-18(6-8-21)23-27-22(34-28-23)17-29-13-9-19(10-14-29)24(31)30-15-11-20(12-16-30)25(32)33-4/h5-8,19-20H,9-17H2,1-4H3. The van der Waals surface area contributed by atoms with E-state index in [1.807, 2.05) is 17.0 Å². The summed E-state index contributed by atoms with van der Waals surface area (Å²) in [5.41, 5.74) is 2.32. The lowest BCUT2D eigenvalue weighted by Crippen LogP contribution is -2.46. The van der Waals surface area contributed by atoms with Crippen LogP contribution in [0.5, 0.6) is 0 Å². The highest BCUT2D eigenvalue weighted by Crippen LogP contribution is 2.27. The highest BCUT2D eigenvalue weighted by atomic mass is 16.5. The Morgan fingerprint density at radius 1 is 1.00 bits per heavy atom. The molecule has 2 fully saturated rings. The van der Waals surface area contributed by atoms with E-state index in [4.69, 9.17) is 9.26 Å². The van der Waals surface area contributed by atoms with Crippen molar-refractivity contribution >= 4 is 11.9 Å². The van der Waals surface area contributed by atoms with Crippen LogP contribution >= 0.6 is 0 Å². The summed E-state index contributed by atoms with van der Waals surface area (Å²) in [5, 5.41) is 4.17. The molecule has 1 aromatic heterocycles. The van der Waals surface area contributed by atoms with Crippen LogP contribution in [-0.2, 0) is 26.3 Å². The number of rotatable bonds is 5. The second kappa shape index (κ2) is 10.3. The molecule has 8 nitrogen and oxygen atoms in total. The number of likely N-dealkylation sites (tertiary alicyclic amines) is 2. The average Bonchev–Trinajstić information content (AvgIpc) is 3.31. The van der Waals surface area contributed by atoms with E-state index < -0.39 is 0 Å². The minimum Gasteiger partial charge on any atom is -0.469 e. The Labute approximate surface area is 201 Å². The van der Waals surface area contributed by atoms with Gasteiger partial charge in [0, 0.05) is 24.6 Å². The highest BCUT2D eigenvalue weighted by Gasteiger charge is 2.33. The third kappa shape index (κ3) is 5.66. The molecular formula is C26H36N4O4. The molecule has 0 bridgehead atoms. The number of esters is 1. The van der Waals surface area contributed by atoms with Crippen molar-refractivity contribution in [2.75, 3.05) is 33.3 Å². The molecule has 0 spiro atoms. The van der Waals surface area contributed by atoms with Crippen molar-refractivity contribution in [3.05, 3.63) is 35.7 Å². The molecule has 2 aliphatic heterocycles. The number of nitrogens with zero attached hydrogens (tertiary/aromatic N) is 4. The summed E-state index contributed by atoms with van der Waals surface area (Å²) in [6, 6.07) is 8.32. The van der Waals surface area contributed by atoms with Crippen LogP contribution in [0.1, 0.15) is 57.9 Å². The molecule has 0 aliphatic carbocycles. The van der Waals surface area contributed by atoms with Crippen molar-refractivity contribution in [3.63, 3.8) is 0 Å². The Kier molecular flexibility index (Phi) is 7.36. The molecule has 0 saturated carbocycles. The maximum absolute atomic E-state index is 13.0. The average molecular weight is 469 g/mol. The van der Waals surface area contributed by atoms with Crippen LogP contribution in [0.4, 0.5) is 0 Å². The van der Waals surface area contributed by atoms with Crippen LogP contribution in [0.3, 0.4) is 0 Å². The van der Waals surface area contributed by atoms with Gasteiger partial charge < -0.3 is 14.2 Å². The molecule has 0 radical (unpaired) electrons. The second-order valence-electron chi connectivity index (χ2n) is 10.5. The molecule has 0 N–H and O–H groups in total. The fourth-order valence-electron chi connectivity index (χ4n) is 4.85. The molecule has 184 valence electrons. The van der Waals surface area contributed by atoms with Gasteiger partial charge >= 0.3 is 5.97 Å². The summed E-state index contributed by atoms with van der Waals surface area (Å²) in [4.78, 5) is 33.5. The molecule has 8 heteroatoms. The van der Waals surface area contributed by atoms with Gasteiger partial charge in [-0.3, -0.25) is 14.5 Å². The minimum atomic E-state index is -0.161. The number of hydrogen-bond acceptors (Lipinski definition) is 7. The van der Waals surface area contributed by atoms with Gasteiger partial charge in [0.25, 0.3) is 0 Å². The van der Waals surface area contributed by atoms with E-state index in [0.29, 0.717) is 44.2 Å². The summed E-state index contributed by atoms with van der Waals surface area (Å²) in [6.07, 6.45) is 3.03. The van der Waals surface area contributed by atoms with Gasteiger partial charge in [-0.15, -0.1) is 0 Å². The first-order chi connectivity index (χ1) is 16.2. The molecule has 1 amide bonds. The van der Waals surface area contributed by atoms with Crippen LogP contribution in [0.2, 0.25) is 0 Å². The van der Waals surface area contributed by atoms with E-state index in [1.165, 1.54) is 12.7 Å². The second-order valence-corrected chi connectivity index (χ2v) is 10.5. The van der Waals surface area contributed by atoms with Crippen molar-refractivity contribution in [1.82, 2.24) is 19.9 Å². The Hall–Kier alpha value is -2.74. The fraction of sp³-hybridized carbons (Fsp3) is 0.615. The van der Waals surface area contributed by atoms with Gasteiger partial charge in [0.1, 0.15) is 0 Å². The molecule has 0 atom stereocenters. The molecule has 3 heterocycles. The molecule has 2 aromatic rings. The van der Waals surface area contributed by atoms with Crippen LogP contribution in [0.25, 0.3) is 11.4 Å². The fourth-order valence-corrected chi connectivity index (χ4v) is 4.85. The monoisotopic (exact) mass is 468 g/mol. The van der Waals surface area contributed by atoms with E-state index in [0.717, 1.165) is 31.5 Å². The number of amides is 1. The highest BCUT2D eigenvalue weighted by molar-refractivity contribution is 5.79. The van der Waals surface area contributed by atoms with Crippen LogP contribution < -0.4 is 0 Å². The van der Waals surface area contributed by atoms with Gasteiger partial charge in [-0.1, -0.05) is 50.2 Å². The number of carbonyl (C=O) groups is 2. The van der Waals surface area contributed by atoms with E-state index in [2.05, 4.69) is 47.9 Å². The Morgan fingerprint density at radius 3 is 2.21 bits per heavy atom. The lowest BCUT2D eigenvalue weighted by atomic mass is 9.87. The molecule has 0 unspecified atom stereocenters. The topological polar surface area (TPSA) is 88.8 Å². The molecule has 2 saturated heterocycles. The van der Waals surface area contributed by atoms with Crippen molar-refractivity contribution in [3.8, 4) is 11.4 Å². The summed E-state index contributed by atoms with van der Waals surface area (Å²) < 4.78 is 10.4. The van der Waals surface area contributed by atoms with Crippen LogP contribution in [-0.4, -0.2) is 65.1 Å². The lowest BCUT2D eigenvalue weighted by Gasteiger charge is -2.36. The lowest BCUT2D eigenvalue weighted by molar-refractivity contribution is -0.150. The summed E-state index contributed by atoms with van der Waals surface area (Å²) >= 11 is 0. The number of aromatic nitrogens is 2. The van der Waals surface area contributed by atoms with Crippen LogP contribution in [0, 0.1) is 11.8 Å². The quantitative estimate of drug-likeness (QED) is 0.619. The van der Waals surface area contributed by atoms with E-state index in [9.17, 15) is 9.59 Å². The number of piperidine rings is 2. The first kappa shape index (κ1) is 24.4. The van der Waals surface area contributed by atoms with Gasteiger partial charge in [-0.25, -0.2) is 0 Å². The van der Waals surface area contributed by atoms with Gasteiger partial charge in [-0.05, 0) is 49.8 Å². The van der Waals surface area contributed by atoms with Crippen LogP contribution in [0.15, 0.2) is 28.8 Å². The summed E-state index contributed by atoms with van der Waals surface area (Å²) in [7, 11) is 1.42. The molecule has 1 aromatic carbocycles. The van der Waals surface area contributed by atoms with E-state index in [1.54, 1.807) is 0 Å². The predicted octanol–water partition coefficient (Wildman–Crippen LogP) is 3.66. The minimum absolute atomic E-state index is 0.0468. The zero-order valence-corrected chi connectivity index (χ0v) is 20.7. The first-order valence-electron chi connectivity index (χ1n) is 12.3. The van der Waals surface area contributed by atoms with Gasteiger partial charge in [0.2, 0.25) is 17.6 Å². The Morgan fingerprint density at radius 2 is 1.62 bits per heavy atom. The zero-order valence-electron chi connectivity index (χ0n) is 20.7. The number of ether oxygens (including phenoxy) is 1. The summed E-state index contributed by atoms with van der Waals surface area (Å²) in [5.74, 6) is 1.24. The third-order valence-corrected chi connectivity index (χ3v) is 7.11. The SMILES string of the molecule is COC(=O)C1CCN(C(=O)C2CCN(Cc3nc(-c4ccc(C(C)(C)C)cc4)no3)CC2)CC1. The Bertz CT molecular complexity index is 979.